The Morgan fingerprint density at radius 3 is 2.66 bits per heavy atom. The van der Waals surface area contributed by atoms with Crippen LogP contribution in [0, 0.1) is 34.5 Å². The Kier molecular flexibility index (Phi) is 6.78. The Labute approximate surface area is 228 Å². The third-order valence-electron chi connectivity index (χ3n) is 11.3. The lowest BCUT2D eigenvalue weighted by molar-refractivity contribution is -0.156. The van der Waals surface area contributed by atoms with Gasteiger partial charge in [0.1, 0.15) is 6.10 Å². The highest BCUT2D eigenvalue weighted by Gasteiger charge is 2.63. The molecule has 6 rings (SSSR count). The minimum absolute atomic E-state index is 0.0928. The number of carbonyl (C=O) groups is 1. The van der Waals surface area contributed by atoms with Gasteiger partial charge in [-0.2, -0.15) is 0 Å². The van der Waals surface area contributed by atoms with Gasteiger partial charge in [-0.1, -0.05) is 66.7 Å². The van der Waals surface area contributed by atoms with Crippen LogP contribution in [-0.2, 0) is 14.4 Å². The quantitative estimate of drug-likeness (QED) is 0.279. The van der Waals surface area contributed by atoms with Crippen molar-refractivity contribution in [2.75, 3.05) is 19.7 Å². The van der Waals surface area contributed by atoms with Crippen LogP contribution in [0.1, 0.15) is 76.7 Å². The third-order valence-corrected chi connectivity index (χ3v) is 11.3. The number of hydrogen-bond acceptors (Lipinski definition) is 5. The average molecular weight is 517 g/mol. The fourth-order valence-corrected chi connectivity index (χ4v) is 9.39. The molecule has 1 aliphatic heterocycles. The smallest absolute Gasteiger partial charge is 0.302 e. The van der Waals surface area contributed by atoms with E-state index in [0.29, 0.717) is 24.4 Å². The molecule has 0 amide bonds. The van der Waals surface area contributed by atoms with Crippen molar-refractivity contribution in [3.05, 3.63) is 60.2 Å². The van der Waals surface area contributed by atoms with Crippen molar-refractivity contribution >= 4 is 11.7 Å². The average Bonchev–Trinajstić information content (AvgIpc) is 3.54. The minimum atomic E-state index is -0.187. The van der Waals surface area contributed by atoms with Crippen LogP contribution in [0.15, 0.2) is 59.8 Å². The topological polar surface area (TPSA) is 59.9 Å². The van der Waals surface area contributed by atoms with E-state index in [0.717, 1.165) is 50.9 Å². The number of nitrogens with one attached hydrogen (secondary N) is 1. The summed E-state index contributed by atoms with van der Waals surface area (Å²) in [6.07, 6.45) is 8.74. The zero-order chi connectivity index (χ0) is 26.5. The van der Waals surface area contributed by atoms with Crippen LogP contribution in [0.25, 0.3) is 0 Å². The summed E-state index contributed by atoms with van der Waals surface area (Å²) in [6.45, 7) is 15.6. The third kappa shape index (κ3) is 4.16. The first-order valence-corrected chi connectivity index (χ1v) is 14.8. The SMILES string of the molecule is C=C1CC2C(CC[C@]3(C)C(=C)CCC23)[C@@]2(COC(C)=O)CCC(=NOC3CCNC3)C(c3ccccc3)C12. The van der Waals surface area contributed by atoms with E-state index in [1.807, 2.05) is 0 Å². The lowest BCUT2D eigenvalue weighted by Crippen LogP contribution is -2.58. The van der Waals surface area contributed by atoms with E-state index in [9.17, 15) is 4.79 Å². The van der Waals surface area contributed by atoms with Crippen molar-refractivity contribution in [1.82, 2.24) is 5.32 Å². The first kappa shape index (κ1) is 25.9. The number of oxime groups is 1. The van der Waals surface area contributed by atoms with Crippen molar-refractivity contribution in [3.8, 4) is 0 Å². The van der Waals surface area contributed by atoms with E-state index < -0.39 is 0 Å². The molecule has 4 aliphatic carbocycles. The number of carbonyl (C=O) groups excluding carboxylic acids is 1. The molecule has 204 valence electrons. The summed E-state index contributed by atoms with van der Waals surface area (Å²) >= 11 is 0. The highest BCUT2D eigenvalue weighted by Crippen LogP contribution is 2.69. The normalized spacial score (nSPS) is 41.4. The monoisotopic (exact) mass is 516 g/mol. The summed E-state index contributed by atoms with van der Waals surface area (Å²) in [5, 5.41) is 8.25. The van der Waals surface area contributed by atoms with Crippen LogP contribution in [0.5, 0.6) is 0 Å². The molecule has 0 spiro atoms. The second-order valence-electron chi connectivity index (χ2n) is 13.0. The Morgan fingerprint density at radius 2 is 1.92 bits per heavy atom. The lowest BCUT2D eigenvalue weighted by atomic mass is 9.42. The summed E-state index contributed by atoms with van der Waals surface area (Å²) < 4.78 is 5.98. The van der Waals surface area contributed by atoms with Crippen molar-refractivity contribution < 1.29 is 14.4 Å². The van der Waals surface area contributed by atoms with Crippen molar-refractivity contribution in [1.29, 1.82) is 0 Å². The molecule has 1 saturated heterocycles. The predicted octanol–water partition coefficient (Wildman–Crippen LogP) is 6.42. The Morgan fingerprint density at radius 1 is 1.11 bits per heavy atom. The number of hydrogen-bond donors (Lipinski definition) is 1. The molecule has 8 atom stereocenters. The van der Waals surface area contributed by atoms with E-state index in [1.165, 1.54) is 36.0 Å². The zero-order valence-corrected chi connectivity index (χ0v) is 23.2. The van der Waals surface area contributed by atoms with Crippen molar-refractivity contribution in [2.45, 2.75) is 77.2 Å². The molecule has 0 bridgehead atoms. The van der Waals surface area contributed by atoms with E-state index in [4.69, 9.17) is 21.3 Å². The van der Waals surface area contributed by atoms with Crippen LogP contribution in [0.2, 0.25) is 0 Å². The van der Waals surface area contributed by atoms with E-state index in [1.54, 1.807) is 6.92 Å². The maximum absolute atomic E-state index is 12.2. The maximum Gasteiger partial charge on any atom is 0.302 e. The highest BCUT2D eigenvalue weighted by molar-refractivity contribution is 5.92. The van der Waals surface area contributed by atoms with Crippen LogP contribution in [0.3, 0.4) is 0 Å². The number of esters is 1. The van der Waals surface area contributed by atoms with Gasteiger partial charge in [-0.25, -0.2) is 0 Å². The molecule has 0 aromatic heterocycles. The molecule has 5 aliphatic rings. The van der Waals surface area contributed by atoms with E-state index in [2.05, 4.69) is 49.2 Å². The molecule has 6 unspecified atom stereocenters. The van der Waals surface area contributed by atoms with Crippen LogP contribution >= 0.6 is 0 Å². The van der Waals surface area contributed by atoms with Gasteiger partial charge in [-0.3, -0.25) is 4.79 Å². The lowest BCUT2D eigenvalue weighted by Gasteiger charge is -2.62. The first-order valence-electron chi connectivity index (χ1n) is 14.8. The standard InChI is InChI=1S/C33H44N2O3/c1-21-18-26-27-11-10-22(2)32(27,4)15-12-28(26)33(20-37-23(3)36)16-13-29(35-38-25-14-17-34-19-25)30(31(21)33)24-8-6-5-7-9-24/h5-9,25-28,30-31,34H,1-2,10-20H2,3-4H3/t25?,26?,27?,28?,30?,31?,32-,33+/m1/s1. The number of fused-ring (bicyclic) bond motifs is 5. The molecule has 1 aromatic rings. The Hall–Kier alpha value is -2.40. The summed E-state index contributed by atoms with van der Waals surface area (Å²) in [6, 6.07) is 10.8. The molecule has 1 heterocycles. The summed E-state index contributed by atoms with van der Waals surface area (Å²) in [5.74, 6) is 1.81. The Bertz CT molecular complexity index is 1120. The molecular weight excluding hydrogens is 472 g/mol. The summed E-state index contributed by atoms with van der Waals surface area (Å²) in [5.41, 5.74) is 5.25. The van der Waals surface area contributed by atoms with Gasteiger partial charge in [0, 0.05) is 37.1 Å². The number of benzene rings is 1. The summed E-state index contributed by atoms with van der Waals surface area (Å²) in [7, 11) is 0. The van der Waals surface area contributed by atoms with Crippen LogP contribution in [-0.4, -0.2) is 37.5 Å². The second kappa shape index (κ2) is 9.97. The molecule has 4 saturated carbocycles. The number of nitrogens with zero attached hydrogens (tertiary/aromatic N) is 1. The molecule has 5 nitrogen and oxygen atoms in total. The maximum atomic E-state index is 12.2. The zero-order valence-electron chi connectivity index (χ0n) is 23.2. The highest BCUT2D eigenvalue weighted by atomic mass is 16.6. The summed E-state index contributed by atoms with van der Waals surface area (Å²) in [4.78, 5) is 18.4. The van der Waals surface area contributed by atoms with Gasteiger partial charge in [-0.15, -0.1) is 0 Å². The van der Waals surface area contributed by atoms with Gasteiger partial charge in [0.25, 0.3) is 0 Å². The second-order valence-corrected chi connectivity index (χ2v) is 13.0. The predicted molar refractivity (Wildman–Crippen MR) is 151 cm³/mol. The van der Waals surface area contributed by atoms with Crippen LogP contribution in [0.4, 0.5) is 0 Å². The molecule has 5 heteroatoms. The fourth-order valence-electron chi connectivity index (χ4n) is 9.39. The van der Waals surface area contributed by atoms with E-state index >= 15 is 0 Å². The molecule has 1 N–H and O–H groups in total. The van der Waals surface area contributed by atoms with Gasteiger partial charge < -0.3 is 14.9 Å². The Balaban J connectivity index is 1.42. The van der Waals surface area contributed by atoms with Gasteiger partial charge in [0.15, 0.2) is 0 Å². The largest absolute Gasteiger partial charge is 0.465 e. The molecule has 5 fully saturated rings. The molecule has 38 heavy (non-hydrogen) atoms. The van der Waals surface area contributed by atoms with Gasteiger partial charge in [0.2, 0.25) is 0 Å². The number of ether oxygens (including phenoxy) is 1. The molecule has 1 aromatic carbocycles. The molecular formula is C33H44N2O3. The van der Waals surface area contributed by atoms with Gasteiger partial charge in [-0.05, 0) is 80.2 Å². The number of allylic oxidation sites excluding steroid dienone is 2. The van der Waals surface area contributed by atoms with E-state index in [-0.39, 0.29) is 34.7 Å². The fraction of sp³-hybridized carbons (Fsp3) is 0.636. The van der Waals surface area contributed by atoms with Crippen molar-refractivity contribution in [3.63, 3.8) is 0 Å². The van der Waals surface area contributed by atoms with Crippen molar-refractivity contribution in [2.24, 2.45) is 39.7 Å². The first-order chi connectivity index (χ1) is 18.3. The van der Waals surface area contributed by atoms with Gasteiger partial charge >= 0.3 is 5.97 Å². The van der Waals surface area contributed by atoms with Gasteiger partial charge in [0.05, 0.1) is 12.3 Å². The number of rotatable bonds is 5. The molecule has 0 radical (unpaired) electrons. The van der Waals surface area contributed by atoms with Crippen LogP contribution < -0.4 is 5.32 Å². The minimum Gasteiger partial charge on any atom is -0.465 e.